The van der Waals surface area contributed by atoms with Crippen LogP contribution in [0.3, 0.4) is 0 Å². The van der Waals surface area contributed by atoms with Crippen molar-refractivity contribution in [3.63, 3.8) is 0 Å². The standard InChI is InChI=1S/C28H33N7O4/c1-3-12-34-25-23(27(37)35(28(34)38)13-14-39-2)32-24(33-25)21-10-11-22(30-17-21)29-15-18-4-6-19(7-5-18)16-31-26(36)20-8-9-20/h4-7,10-11,17,20H,3,8-9,12-16H2,1-2H3,(H,29,30)(H,31,36)(H,32,33). The number of aryl methyl sites for hydroxylation is 1. The Kier molecular flexibility index (Phi) is 7.87. The lowest BCUT2D eigenvalue weighted by Gasteiger charge is -2.09. The molecule has 1 saturated carbocycles. The summed E-state index contributed by atoms with van der Waals surface area (Å²) < 4.78 is 7.79. The third kappa shape index (κ3) is 5.93. The fraction of sp³-hybridized carbons (Fsp3) is 0.393. The van der Waals surface area contributed by atoms with Crippen molar-refractivity contribution in [2.24, 2.45) is 5.92 Å². The number of nitrogens with one attached hydrogen (secondary N) is 3. The average molecular weight is 532 g/mol. The van der Waals surface area contributed by atoms with Crippen LogP contribution < -0.4 is 21.9 Å². The van der Waals surface area contributed by atoms with Crippen molar-refractivity contribution in [3.8, 4) is 11.4 Å². The van der Waals surface area contributed by atoms with E-state index in [-0.39, 0.29) is 30.5 Å². The predicted octanol–water partition coefficient (Wildman–Crippen LogP) is 2.64. The smallest absolute Gasteiger partial charge is 0.332 e. The van der Waals surface area contributed by atoms with Gasteiger partial charge in [-0.2, -0.15) is 0 Å². The van der Waals surface area contributed by atoms with Crippen LogP contribution in [0.2, 0.25) is 0 Å². The molecule has 204 valence electrons. The van der Waals surface area contributed by atoms with Crippen LogP contribution in [0.1, 0.15) is 37.3 Å². The normalized spacial score (nSPS) is 13.1. The third-order valence-electron chi connectivity index (χ3n) is 6.78. The number of methoxy groups -OCH3 is 1. The maximum atomic E-state index is 13.0. The van der Waals surface area contributed by atoms with Gasteiger partial charge in [0, 0.05) is 44.4 Å². The fourth-order valence-corrected chi connectivity index (χ4v) is 4.39. The number of nitrogens with zero attached hydrogens (tertiary/aromatic N) is 4. The topological polar surface area (TPSA) is 136 Å². The van der Waals surface area contributed by atoms with Gasteiger partial charge in [0.25, 0.3) is 5.56 Å². The average Bonchev–Trinajstić information content (AvgIpc) is 3.72. The van der Waals surface area contributed by atoms with E-state index in [9.17, 15) is 14.4 Å². The van der Waals surface area contributed by atoms with E-state index in [1.54, 1.807) is 6.20 Å². The second-order valence-electron chi connectivity index (χ2n) is 9.76. The Morgan fingerprint density at radius 1 is 1.05 bits per heavy atom. The molecule has 1 aromatic carbocycles. The highest BCUT2D eigenvalue weighted by Crippen LogP contribution is 2.28. The Hall–Kier alpha value is -4.25. The number of hydrogen-bond donors (Lipinski definition) is 3. The lowest BCUT2D eigenvalue weighted by atomic mass is 10.1. The molecule has 1 aliphatic carbocycles. The first-order valence-corrected chi connectivity index (χ1v) is 13.3. The molecule has 0 spiro atoms. The van der Waals surface area contributed by atoms with Crippen molar-refractivity contribution < 1.29 is 9.53 Å². The summed E-state index contributed by atoms with van der Waals surface area (Å²) in [6.07, 6.45) is 4.40. The Morgan fingerprint density at radius 2 is 1.79 bits per heavy atom. The molecule has 0 saturated heterocycles. The molecule has 1 fully saturated rings. The molecule has 3 heterocycles. The molecule has 4 aromatic rings. The molecule has 5 rings (SSSR count). The Labute approximate surface area is 225 Å². The van der Waals surface area contributed by atoms with Gasteiger partial charge in [-0.15, -0.1) is 0 Å². The molecule has 1 aliphatic rings. The fourth-order valence-electron chi connectivity index (χ4n) is 4.39. The molecule has 0 aliphatic heterocycles. The van der Waals surface area contributed by atoms with Gasteiger partial charge in [0.2, 0.25) is 5.91 Å². The Balaban J connectivity index is 1.27. The molecular weight excluding hydrogens is 498 g/mol. The van der Waals surface area contributed by atoms with Gasteiger partial charge in [0.05, 0.1) is 13.2 Å². The van der Waals surface area contributed by atoms with Crippen LogP contribution in [0, 0.1) is 5.92 Å². The quantitative estimate of drug-likeness (QED) is 0.256. The van der Waals surface area contributed by atoms with E-state index >= 15 is 0 Å². The molecule has 11 heteroatoms. The van der Waals surface area contributed by atoms with E-state index < -0.39 is 11.2 Å². The number of rotatable bonds is 12. The minimum absolute atomic E-state index is 0.146. The highest BCUT2D eigenvalue weighted by Gasteiger charge is 2.29. The number of amides is 1. The first-order chi connectivity index (χ1) is 19.0. The van der Waals surface area contributed by atoms with Gasteiger partial charge in [-0.25, -0.2) is 14.8 Å². The summed E-state index contributed by atoms with van der Waals surface area (Å²) in [5.74, 6) is 1.52. The number of fused-ring (bicyclic) bond motifs is 1. The van der Waals surface area contributed by atoms with E-state index in [1.165, 1.54) is 16.2 Å². The molecule has 0 atom stereocenters. The summed E-state index contributed by atoms with van der Waals surface area (Å²) in [7, 11) is 1.53. The molecule has 0 bridgehead atoms. The summed E-state index contributed by atoms with van der Waals surface area (Å²) in [5, 5.41) is 6.28. The van der Waals surface area contributed by atoms with Crippen molar-refractivity contribution in [1.82, 2.24) is 29.4 Å². The number of anilines is 1. The van der Waals surface area contributed by atoms with E-state index in [1.807, 2.05) is 43.3 Å². The number of benzene rings is 1. The number of pyridine rings is 1. The second-order valence-corrected chi connectivity index (χ2v) is 9.76. The zero-order valence-electron chi connectivity index (χ0n) is 22.2. The zero-order chi connectivity index (χ0) is 27.4. The number of aromatic nitrogens is 5. The summed E-state index contributed by atoms with van der Waals surface area (Å²) in [5.41, 5.74) is 2.68. The molecule has 39 heavy (non-hydrogen) atoms. The SMILES string of the molecule is CCCn1c(=O)n(CCOC)c(=O)c2[nH]c(-c3ccc(NCc4ccc(CNC(=O)C5CC5)cc4)nc3)nc21. The van der Waals surface area contributed by atoms with Gasteiger partial charge in [-0.05, 0) is 42.5 Å². The first-order valence-electron chi connectivity index (χ1n) is 13.3. The summed E-state index contributed by atoms with van der Waals surface area (Å²) in [6, 6.07) is 11.8. The lowest BCUT2D eigenvalue weighted by Crippen LogP contribution is -2.41. The van der Waals surface area contributed by atoms with Gasteiger partial charge in [0.1, 0.15) is 17.2 Å². The van der Waals surface area contributed by atoms with E-state index in [0.29, 0.717) is 42.5 Å². The van der Waals surface area contributed by atoms with Gasteiger partial charge >= 0.3 is 5.69 Å². The molecule has 11 nitrogen and oxygen atoms in total. The number of carbonyl (C=O) groups is 1. The van der Waals surface area contributed by atoms with Crippen LogP contribution in [-0.2, 0) is 35.7 Å². The summed E-state index contributed by atoms with van der Waals surface area (Å²) in [4.78, 5) is 50.0. The third-order valence-corrected chi connectivity index (χ3v) is 6.78. The summed E-state index contributed by atoms with van der Waals surface area (Å²) >= 11 is 0. The van der Waals surface area contributed by atoms with E-state index in [4.69, 9.17) is 4.74 Å². The van der Waals surface area contributed by atoms with Gasteiger partial charge in [-0.3, -0.25) is 18.7 Å². The van der Waals surface area contributed by atoms with E-state index in [2.05, 4.69) is 25.6 Å². The van der Waals surface area contributed by atoms with Crippen molar-refractivity contribution in [3.05, 3.63) is 74.6 Å². The van der Waals surface area contributed by atoms with Crippen molar-refractivity contribution >= 4 is 22.9 Å². The van der Waals surface area contributed by atoms with Crippen LogP contribution in [0.5, 0.6) is 0 Å². The van der Waals surface area contributed by atoms with Gasteiger partial charge < -0.3 is 20.4 Å². The minimum atomic E-state index is -0.416. The van der Waals surface area contributed by atoms with Crippen molar-refractivity contribution in [2.75, 3.05) is 19.0 Å². The van der Waals surface area contributed by atoms with Crippen LogP contribution in [0.25, 0.3) is 22.6 Å². The molecule has 3 aromatic heterocycles. The molecule has 3 N–H and O–H groups in total. The van der Waals surface area contributed by atoms with Crippen LogP contribution >= 0.6 is 0 Å². The second kappa shape index (κ2) is 11.6. The molecule has 0 unspecified atom stereocenters. The maximum Gasteiger partial charge on any atom is 0.332 e. The van der Waals surface area contributed by atoms with Crippen molar-refractivity contribution in [1.29, 1.82) is 0 Å². The Bertz CT molecular complexity index is 1570. The number of H-pyrrole nitrogens is 1. The van der Waals surface area contributed by atoms with Crippen LogP contribution in [0.15, 0.2) is 52.2 Å². The van der Waals surface area contributed by atoms with Gasteiger partial charge in [-0.1, -0.05) is 31.2 Å². The van der Waals surface area contributed by atoms with Crippen LogP contribution in [0.4, 0.5) is 5.82 Å². The number of carbonyl (C=O) groups excluding carboxylic acids is 1. The predicted molar refractivity (Wildman–Crippen MR) is 148 cm³/mol. The maximum absolute atomic E-state index is 13.0. The minimum Gasteiger partial charge on any atom is -0.383 e. The number of aromatic amines is 1. The summed E-state index contributed by atoms with van der Waals surface area (Å²) in [6.45, 7) is 3.98. The number of hydrogen-bond acceptors (Lipinski definition) is 7. The lowest BCUT2D eigenvalue weighted by molar-refractivity contribution is -0.122. The van der Waals surface area contributed by atoms with Crippen LogP contribution in [-0.4, -0.2) is 43.7 Å². The molecular formula is C28H33N7O4. The number of ether oxygens (including phenoxy) is 1. The van der Waals surface area contributed by atoms with E-state index in [0.717, 1.165) is 30.4 Å². The number of imidazole rings is 1. The first kappa shape index (κ1) is 26.4. The van der Waals surface area contributed by atoms with Crippen molar-refractivity contribution in [2.45, 2.75) is 52.4 Å². The largest absolute Gasteiger partial charge is 0.383 e. The monoisotopic (exact) mass is 531 g/mol. The van der Waals surface area contributed by atoms with Gasteiger partial charge in [0.15, 0.2) is 5.65 Å². The molecule has 0 radical (unpaired) electrons. The Morgan fingerprint density at radius 3 is 2.44 bits per heavy atom. The highest BCUT2D eigenvalue weighted by atomic mass is 16.5. The zero-order valence-corrected chi connectivity index (χ0v) is 22.2. The highest BCUT2D eigenvalue weighted by molar-refractivity contribution is 5.80. The molecule has 1 amide bonds.